The molecule has 16 heavy (non-hydrogen) atoms. The van der Waals surface area contributed by atoms with Gasteiger partial charge in [0.2, 0.25) is 0 Å². The van der Waals surface area contributed by atoms with Crippen LogP contribution in [0.25, 0.3) is 0 Å². The lowest BCUT2D eigenvalue weighted by Gasteiger charge is -2.25. The van der Waals surface area contributed by atoms with Crippen molar-refractivity contribution in [1.82, 2.24) is 0 Å². The van der Waals surface area contributed by atoms with E-state index in [0.29, 0.717) is 6.61 Å². The third-order valence-corrected chi connectivity index (χ3v) is 3.26. The van der Waals surface area contributed by atoms with Gasteiger partial charge in [0.15, 0.2) is 0 Å². The van der Waals surface area contributed by atoms with Gasteiger partial charge in [0.1, 0.15) is 5.76 Å². The second kappa shape index (κ2) is 4.89. The number of ether oxygens (including phenoxy) is 1. The number of fused-ring (bicyclic) bond motifs is 1. The molecule has 2 aliphatic rings. The molecule has 2 nitrogen and oxygen atoms in total. The Morgan fingerprint density at radius 2 is 2.25 bits per heavy atom. The van der Waals surface area contributed by atoms with Crippen molar-refractivity contribution in [3.8, 4) is 0 Å². The minimum absolute atomic E-state index is 0.128. The number of hydrogen-bond donors (Lipinski definition) is 1. The molecule has 0 fully saturated rings. The van der Waals surface area contributed by atoms with E-state index in [2.05, 4.69) is 6.58 Å². The van der Waals surface area contributed by atoms with Crippen LogP contribution >= 0.6 is 11.6 Å². The fraction of sp³-hybridized carbons (Fsp3) is 0.385. The summed E-state index contributed by atoms with van der Waals surface area (Å²) >= 11 is 6.01. The van der Waals surface area contributed by atoms with Gasteiger partial charge in [-0.3, -0.25) is 0 Å². The molecule has 1 aliphatic heterocycles. The monoisotopic (exact) mass is 238 g/mol. The molecule has 0 saturated heterocycles. The fourth-order valence-corrected chi connectivity index (χ4v) is 2.12. The van der Waals surface area contributed by atoms with Gasteiger partial charge in [-0.05, 0) is 31.1 Å². The van der Waals surface area contributed by atoms with Gasteiger partial charge in [-0.25, -0.2) is 0 Å². The van der Waals surface area contributed by atoms with E-state index in [9.17, 15) is 5.11 Å². The van der Waals surface area contributed by atoms with Crippen molar-refractivity contribution < 1.29 is 9.84 Å². The zero-order valence-corrected chi connectivity index (χ0v) is 9.78. The maximum absolute atomic E-state index is 9.44. The highest BCUT2D eigenvalue weighted by molar-refractivity contribution is 6.29. The minimum atomic E-state index is -0.128. The maximum atomic E-state index is 9.44. The van der Waals surface area contributed by atoms with E-state index >= 15 is 0 Å². The van der Waals surface area contributed by atoms with E-state index in [1.54, 1.807) is 12.2 Å². The average Bonchev–Trinajstić information content (AvgIpc) is 2.31. The Bertz CT molecular complexity index is 379. The summed E-state index contributed by atoms with van der Waals surface area (Å²) in [5.74, 6) is 0.398. The Hall–Kier alpha value is -0.990. The van der Waals surface area contributed by atoms with Crippen LogP contribution in [-0.2, 0) is 4.74 Å². The smallest absolute Gasteiger partial charge is 0.113 e. The summed E-state index contributed by atoms with van der Waals surface area (Å²) in [6.07, 6.45) is 8.79. The molecule has 0 aromatic carbocycles. The van der Waals surface area contributed by atoms with Crippen LogP contribution in [0.3, 0.4) is 0 Å². The Morgan fingerprint density at radius 1 is 1.44 bits per heavy atom. The second-order valence-corrected chi connectivity index (χ2v) is 4.57. The Kier molecular flexibility index (Phi) is 3.52. The lowest BCUT2D eigenvalue weighted by molar-refractivity contribution is 0.0845. The number of allylic oxidation sites excluding steroid dienone is 2. The molecule has 0 saturated carbocycles. The summed E-state index contributed by atoms with van der Waals surface area (Å²) in [5.41, 5.74) is 1.10. The van der Waals surface area contributed by atoms with Crippen LogP contribution in [0.4, 0.5) is 0 Å². The predicted octanol–water partition coefficient (Wildman–Crippen LogP) is 3.47. The molecular weight excluding hydrogens is 224 g/mol. The highest BCUT2D eigenvalue weighted by atomic mass is 35.5. The van der Waals surface area contributed by atoms with Gasteiger partial charge < -0.3 is 9.84 Å². The van der Waals surface area contributed by atoms with Crippen molar-refractivity contribution in [3.05, 3.63) is 47.2 Å². The van der Waals surface area contributed by atoms with Crippen LogP contribution in [0.2, 0.25) is 0 Å². The van der Waals surface area contributed by atoms with E-state index in [0.717, 1.165) is 23.4 Å². The Morgan fingerprint density at radius 3 is 3.06 bits per heavy atom. The van der Waals surface area contributed by atoms with E-state index in [1.165, 1.54) is 0 Å². The standard InChI is InChI=1S/C13H15ClO2/c1-9-2-3-10(14)6-7-16-13-8-11(15)4-5-12(9)13/h4-6,8,12-13,15H,1-3,7H2/t12?,13-/m0/s1. The summed E-state index contributed by atoms with van der Waals surface area (Å²) in [5, 5.41) is 10.3. The summed E-state index contributed by atoms with van der Waals surface area (Å²) in [7, 11) is 0. The van der Waals surface area contributed by atoms with Crippen LogP contribution in [-0.4, -0.2) is 17.8 Å². The van der Waals surface area contributed by atoms with Gasteiger partial charge in [-0.15, -0.1) is 0 Å². The van der Waals surface area contributed by atoms with Gasteiger partial charge in [-0.2, -0.15) is 0 Å². The molecular formula is C13H15ClO2. The van der Waals surface area contributed by atoms with Crippen molar-refractivity contribution >= 4 is 11.6 Å². The van der Waals surface area contributed by atoms with Crippen LogP contribution in [0.15, 0.2) is 47.2 Å². The van der Waals surface area contributed by atoms with Gasteiger partial charge in [-0.1, -0.05) is 29.8 Å². The zero-order valence-electron chi connectivity index (χ0n) is 9.03. The molecule has 0 aromatic rings. The first-order chi connectivity index (χ1) is 7.66. The lowest BCUT2D eigenvalue weighted by atomic mass is 9.88. The molecule has 2 rings (SSSR count). The van der Waals surface area contributed by atoms with Crippen molar-refractivity contribution in [1.29, 1.82) is 0 Å². The molecule has 1 heterocycles. The molecule has 1 unspecified atom stereocenters. The summed E-state index contributed by atoms with van der Waals surface area (Å²) in [6, 6.07) is 0. The minimum Gasteiger partial charge on any atom is -0.508 e. The molecule has 0 aromatic heterocycles. The van der Waals surface area contributed by atoms with E-state index in [4.69, 9.17) is 16.3 Å². The quantitative estimate of drug-likeness (QED) is 0.655. The van der Waals surface area contributed by atoms with E-state index < -0.39 is 0 Å². The van der Waals surface area contributed by atoms with Crippen molar-refractivity contribution in [2.45, 2.75) is 18.9 Å². The molecule has 0 radical (unpaired) electrons. The molecule has 1 aliphatic carbocycles. The van der Waals surface area contributed by atoms with Crippen LogP contribution in [0.1, 0.15) is 12.8 Å². The Balaban J connectivity index is 2.19. The molecule has 1 N–H and O–H groups in total. The molecule has 0 amide bonds. The first-order valence-corrected chi connectivity index (χ1v) is 5.77. The molecule has 86 valence electrons. The highest BCUT2D eigenvalue weighted by Crippen LogP contribution is 2.30. The number of aliphatic hydroxyl groups is 1. The van der Waals surface area contributed by atoms with Crippen molar-refractivity contribution in [2.75, 3.05) is 6.61 Å². The number of rotatable bonds is 0. The summed E-state index contributed by atoms with van der Waals surface area (Å²) in [4.78, 5) is 0. The van der Waals surface area contributed by atoms with Gasteiger partial charge in [0.25, 0.3) is 0 Å². The SMILES string of the molecule is C=C1CCC(Cl)=CCO[C@H]2C=C(O)C=CC12. The topological polar surface area (TPSA) is 29.5 Å². The normalized spacial score (nSPS) is 30.7. The summed E-state index contributed by atoms with van der Waals surface area (Å²) in [6.45, 7) is 4.55. The average molecular weight is 239 g/mol. The lowest BCUT2D eigenvalue weighted by Crippen LogP contribution is -2.24. The van der Waals surface area contributed by atoms with E-state index in [1.807, 2.05) is 12.2 Å². The van der Waals surface area contributed by atoms with Gasteiger partial charge >= 0.3 is 0 Å². The largest absolute Gasteiger partial charge is 0.508 e. The molecule has 0 bridgehead atoms. The predicted molar refractivity (Wildman–Crippen MR) is 65.4 cm³/mol. The first kappa shape index (κ1) is 11.5. The van der Waals surface area contributed by atoms with Crippen molar-refractivity contribution in [2.24, 2.45) is 5.92 Å². The number of aliphatic hydroxyl groups excluding tert-OH is 1. The van der Waals surface area contributed by atoms with E-state index in [-0.39, 0.29) is 17.8 Å². The number of halogens is 1. The zero-order chi connectivity index (χ0) is 11.5. The van der Waals surface area contributed by atoms with Crippen LogP contribution < -0.4 is 0 Å². The third kappa shape index (κ3) is 2.57. The second-order valence-electron chi connectivity index (χ2n) is 4.08. The highest BCUT2D eigenvalue weighted by Gasteiger charge is 2.24. The fourth-order valence-electron chi connectivity index (χ4n) is 1.96. The first-order valence-electron chi connectivity index (χ1n) is 5.39. The Labute approximate surface area is 101 Å². The maximum Gasteiger partial charge on any atom is 0.113 e. The molecule has 0 spiro atoms. The third-order valence-electron chi connectivity index (χ3n) is 2.91. The van der Waals surface area contributed by atoms with Gasteiger partial charge in [0.05, 0.1) is 12.7 Å². The van der Waals surface area contributed by atoms with Crippen LogP contribution in [0, 0.1) is 5.92 Å². The summed E-state index contributed by atoms with van der Waals surface area (Å²) < 4.78 is 5.67. The molecule has 3 heteroatoms. The number of hydrogen-bond acceptors (Lipinski definition) is 2. The van der Waals surface area contributed by atoms with Gasteiger partial charge in [0, 0.05) is 11.0 Å². The molecule has 2 atom stereocenters. The van der Waals surface area contributed by atoms with Crippen molar-refractivity contribution in [3.63, 3.8) is 0 Å². The van der Waals surface area contributed by atoms with Crippen LogP contribution in [0.5, 0.6) is 0 Å².